The molecule has 0 radical (unpaired) electrons. The third-order valence-corrected chi connectivity index (χ3v) is 4.27. The molecule has 108 valence electrons. The summed E-state index contributed by atoms with van der Waals surface area (Å²) < 4.78 is 6.77. The van der Waals surface area contributed by atoms with Crippen molar-refractivity contribution in [3.63, 3.8) is 0 Å². The van der Waals surface area contributed by atoms with E-state index in [9.17, 15) is 9.59 Å². The van der Waals surface area contributed by atoms with Gasteiger partial charge in [-0.1, -0.05) is 18.2 Å². The van der Waals surface area contributed by atoms with Crippen LogP contribution in [0.5, 0.6) is 0 Å². The lowest BCUT2D eigenvalue weighted by Gasteiger charge is -2.44. The molecule has 0 bridgehead atoms. The monoisotopic (exact) mass is 302 g/mol. The Morgan fingerprint density at radius 2 is 2.00 bits per heavy atom. The van der Waals surface area contributed by atoms with E-state index in [0.717, 1.165) is 10.6 Å². The lowest BCUT2D eigenvalue weighted by Crippen LogP contribution is -2.57. The van der Waals surface area contributed by atoms with Gasteiger partial charge < -0.3 is 9.72 Å². The van der Waals surface area contributed by atoms with Gasteiger partial charge in [-0.3, -0.25) is 13.9 Å². The molecule has 1 N–H and O–H groups in total. The van der Waals surface area contributed by atoms with Crippen molar-refractivity contribution in [2.75, 3.05) is 0 Å². The molecule has 1 amide bonds. The van der Waals surface area contributed by atoms with Gasteiger partial charge in [-0.15, -0.1) is 0 Å². The summed E-state index contributed by atoms with van der Waals surface area (Å²) in [5.74, 6) is -0.645. The van der Waals surface area contributed by atoms with Crippen molar-refractivity contribution >= 4 is 23.8 Å². The molecule has 3 rings (SSSR count). The van der Waals surface area contributed by atoms with Crippen molar-refractivity contribution in [2.45, 2.75) is 24.0 Å². The van der Waals surface area contributed by atoms with Crippen molar-refractivity contribution in [1.82, 2.24) is 9.29 Å². The highest BCUT2D eigenvalue weighted by atomic mass is 32.2. The number of nitrogens with one attached hydrogen (secondary N) is 1. The maximum Gasteiger partial charge on any atom is 0.303 e. The molecule has 1 aromatic heterocycles. The fourth-order valence-corrected chi connectivity index (χ4v) is 3.28. The number of benzene rings is 1. The summed E-state index contributed by atoms with van der Waals surface area (Å²) in [6.07, 6.45) is 1.03. The van der Waals surface area contributed by atoms with E-state index < -0.39 is 12.1 Å². The number of hydrogen-bond donors (Lipinski definition) is 1. The van der Waals surface area contributed by atoms with Crippen molar-refractivity contribution in [2.24, 2.45) is 0 Å². The van der Waals surface area contributed by atoms with Crippen LogP contribution < -0.4 is 0 Å². The molecule has 1 aliphatic rings. The van der Waals surface area contributed by atoms with Gasteiger partial charge in [0.15, 0.2) is 0 Å². The maximum atomic E-state index is 12.2. The molecular formula is C15H14N2O3S. The van der Waals surface area contributed by atoms with E-state index in [1.165, 1.54) is 18.9 Å². The van der Waals surface area contributed by atoms with Crippen LogP contribution in [0.4, 0.5) is 0 Å². The number of carbonyl (C=O) groups excluding carboxylic acids is 2. The van der Waals surface area contributed by atoms with E-state index in [0.29, 0.717) is 0 Å². The Bertz CT molecular complexity index is 642. The number of nitrogens with zero attached hydrogens (tertiary/aromatic N) is 1. The molecule has 0 saturated carbocycles. The average Bonchev–Trinajstić information content (AvgIpc) is 2.99. The minimum atomic E-state index is -0.752. The van der Waals surface area contributed by atoms with Gasteiger partial charge in [0, 0.05) is 23.7 Å². The van der Waals surface area contributed by atoms with Crippen LogP contribution in [0.2, 0.25) is 0 Å². The predicted molar refractivity (Wildman–Crippen MR) is 78.2 cm³/mol. The standard InChI is InChI=1S/C15H14N2O3S/c1-10(18)20-14-13(12-8-5-9-16-12)17(15(14)19)21-11-6-3-2-4-7-11/h2-9,13-14,16H,1H3/t13-,14-/m0/s1. The highest BCUT2D eigenvalue weighted by molar-refractivity contribution is 7.97. The Balaban J connectivity index is 1.82. The summed E-state index contributed by atoms with van der Waals surface area (Å²) in [4.78, 5) is 27.4. The Morgan fingerprint density at radius 3 is 2.62 bits per heavy atom. The molecule has 0 spiro atoms. The first-order valence-corrected chi connectivity index (χ1v) is 7.31. The first-order valence-electron chi connectivity index (χ1n) is 6.53. The number of β-lactam (4-membered cyclic amide) rings is 1. The van der Waals surface area contributed by atoms with Gasteiger partial charge in [0.2, 0.25) is 6.10 Å². The average molecular weight is 302 g/mol. The number of hydrogen-bond acceptors (Lipinski definition) is 4. The number of aromatic amines is 1. The number of esters is 1. The first kappa shape index (κ1) is 13.8. The zero-order valence-corrected chi connectivity index (χ0v) is 12.2. The van der Waals surface area contributed by atoms with E-state index in [4.69, 9.17) is 4.74 Å². The number of amides is 1. The van der Waals surface area contributed by atoms with E-state index >= 15 is 0 Å². The van der Waals surface area contributed by atoms with E-state index in [2.05, 4.69) is 4.98 Å². The van der Waals surface area contributed by atoms with Crippen molar-refractivity contribution in [1.29, 1.82) is 0 Å². The molecule has 1 aliphatic heterocycles. The smallest absolute Gasteiger partial charge is 0.303 e. The lowest BCUT2D eigenvalue weighted by atomic mass is 9.99. The quantitative estimate of drug-likeness (QED) is 0.535. The third kappa shape index (κ3) is 2.67. The molecule has 5 nitrogen and oxygen atoms in total. The minimum absolute atomic E-state index is 0.196. The molecule has 2 heterocycles. The second-order valence-corrected chi connectivity index (χ2v) is 5.72. The molecule has 21 heavy (non-hydrogen) atoms. The van der Waals surface area contributed by atoms with E-state index in [1.54, 1.807) is 10.5 Å². The number of carbonyl (C=O) groups is 2. The molecule has 1 aromatic carbocycles. The predicted octanol–water partition coefficient (Wildman–Crippen LogP) is 2.54. The second kappa shape index (κ2) is 5.65. The molecule has 0 aliphatic carbocycles. The topological polar surface area (TPSA) is 62.4 Å². The summed E-state index contributed by atoms with van der Waals surface area (Å²) in [6, 6.07) is 13.1. The zero-order valence-electron chi connectivity index (χ0n) is 11.4. The number of aromatic nitrogens is 1. The van der Waals surface area contributed by atoms with Gasteiger partial charge in [-0.05, 0) is 36.2 Å². The van der Waals surface area contributed by atoms with Crippen LogP contribution in [0.15, 0.2) is 53.6 Å². The van der Waals surface area contributed by atoms with Crippen LogP contribution in [0.3, 0.4) is 0 Å². The summed E-state index contributed by atoms with van der Waals surface area (Å²) in [6.45, 7) is 1.31. The summed E-state index contributed by atoms with van der Waals surface area (Å²) in [7, 11) is 0. The van der Waals surface area contributed by atoms with Gasteiger partial charge in [-0.2, -0.15) is 0 Å². The maximum absolute atomic E-state index is 12.2. The fraction of sp³-hybridized carbons (Fsp3) is 0.200. The molecule has 2 aromatic rings. The highest BCUT2D eigenvalue weighted by Gasteiger charge is 2.52. The number of H-pyrrole nitrogens is 1. The van der Waals surface area contributed by atoms with Gasteiger partial charge >= 0.3 is 5.97 Å². The largest absolute Gasteiger partial charge is 0.450 e. The van der Waals surface area contributed by atoms with Crippen molar-refractivity contribution in [3.05, 3.63) is 54.4 Å². The van der Waals surface area contributed by atoms with E-state index in [-0.39, 0.29) is 11.9 Å². The molecule has 1 saturated heterocycles. The zero-order chi connectivity index (χ0) is 14.8. The molecule has 6 heteroatoms. The third-order valence-electron chi connectivity index (χ3n) is 3.18. The van der Waals surface area contributed by atoms with Crippen LogP contribution in [-0.4, -0.2) is 27.3 Å². The Kier molecular flexibility index (Phi) is 3.70. The summed E-state index contributed by atoms with van der Waals surface area (Å²) in [5.41, 5.74) is 0.851. The second-order valence-electron chi connectivity index (χ2n) is 4.67. The fourth-order valence-electron chi connectivity index (χ4n) is 2.25. The van der Waals surface area contributed by atoms with Crippen LogP contribution in [0, 0.1) is 0 Å². The number of rotatable bonds is 4. The molecular weight excluding hydrogens is 288 g/mol. The van der Waals surface area contributed by atoms with Crippen molar-refractivity contribution < 1.29 is 14.3 Å². The SMILES string of the molecule is CC(=O)O[C@@H]1C(=O)N(Sc2ccccc2)[C@H]1c1ccc[nH]1. The van der Waals surface area contributed by atoms with Crippen LogP contribution in [0.25, 0.3) is 0 Å². The highest BCUT2D eigenvalue weighted by Crippen LogP contribution is 2.43. The van der Waals surface area contributed by atoms with Gasteiger partial charge in [-0.25, -0.2) is 0 Å². The van der Waals surface area contributed by atoms with Crippen LogP contribution >= 0.6 is 11.9 Å². The van der Waals surface area contributed by atoms with Gasteiger partial charge in [0.25, 0.3) is 5.91 Å². The van der Waals surface area contributed by atoms with Gasteiger partial charge in [0.05, 0.1) is 0 Å². The minimum Gasteiger partial charge on any atom is -0.450 e. The molecule has 0 unspecified atom stereocenters. The molecule has 2 atom stereocenters. The van der Waals surface area contributed by atoms with Gasteiger partial charge in [0.1, 0.15) is 6.04 Å². The Morgan fingerprint density at radius 1 is 1.24 bits per heavy atom. The van der Waals surface area contributed by atoms with Crippen molar-refractivity contribution in [3.8, 4) is 0 Å². The summed E-state index contributed by atoms with van der Waals surface area (Å²) in [5, 5.41) is 0. The van der Waals surface area contributed by atoms with Crippen LogP contribution in [0.1, 0.15) is 18.7 Å². The number of ether oxygens (including phenoxy) is 1. The Labute approximate surface area is 126 Å². The molecule has 1 fully saturated rings. The lowest BCUT2D eigenvalue weighted by molar-refractivity contribution is -0.173. The normalized spacial score (nSPS) is 21.0. The Hall–Kier alpha value is -2.21. The van der Waals surface area contributed by atoms with E-state index in [1.807, 2.05) is 42.5 Å². The summed E-state index contributed by atoms with van der Waals surface area (Å²) >= 11 is 1.35. The first-order chi connectivity index (χ1) is 10.2. The van der Waals surface area contributed by atoms with Crippen LogP contribution in [-0.2, 0) is 14.3 Å².